The Bertz CT molecular complexity index is 640. The maximum atomic E-state index is 11.8. The molecule has 0 aromatic carbocycles. The summed E-state index contributed by atoms with van der Waals surface area (Å²) < 4.78 is 5.25. The number of carbonyl (C=O) groups excluding carboxylic acids is 1. The topological polar surface area (TPSA) is 123 Å². The molecule has 0 radical (unpaired) electrons. The van der Waals surface area contributed by atoms with Crippen molar-refractivity contribution in [3.05, 3.63) is 11.9 Å². The van der Waals surface area contributed by atoms with Gasteiger partial charge in [0, 0.05) is 17.3 Å². The molecule has 0 saturated heterocycles. The van der Waals surface area contributed by atoms with Crippen molar-refractivity contribution in [2.75, 3.05) is 11.1 Å². The van der Waals surface area contributed by atoms with E-state index in [1.54, 1.807) is 0 Å². The first-order valence-electron chi connectivity index (χ1n) is 5.98. The van der Waals surface area contributed by atoms with Crippen LogP contribution in [0, 0.1) is 0 Å². The summed E-state index contributed by atoms with van der Waals surface area (Å²) in [7, 11) is 0. The third-order valence-electron chi connectivity index (χ3n) is 2.15. The van der Waals surface area contributed by atoms with Crippen LogP contribution in [0.2, 0.25) is 0 Å². The molecule has 0 aliphatic rings. The molecule has 2 N–H and O–H groups in total. The van der Waals surface area contributed by atoms with Gasteiger partial charge in [-0.2, -0.15) is 9.36 Å². The lowest BCUT2D eigenvalue weighted by Gasteiger charge is -1.99. The van der Waals surface area contributed by atoms with Gasteiger partial charge in [0.1, 0.15) is 6.54 Å². The quantitative estimate of drug-likeness (QED) is 0.721. The fourth-order valence-corrected chi connectivity index (χ4v) is 2.71. The van der Waals surface area contributed by atoms with Crippen LogP contribution in [0.1, 0.15) is 23.8 Å². The number of hydrogen-bond acceptors (Lipinski definition) is 8. The van der Waals surface area contributed by atoms with Crippen LogP contribution in [0.25, 0.3) is 0 Å². The Morgan fingerprint density at radius 1 is 1.52 bits per heavy atom. The van der Waals surface area contributed by atoms with Crippen molar-refractivity contribution in [1.29, 1.82) is 0 Å². The fourth-order valence-electron chi connectivity index (χ4n) is 1.29. The van der Waals surface area contributed by atoms with Gasteiger partial charge in [-0.3, -0.25) is 10.1 Å². The van der Waals surface area contributed by atoms with E-state index in [0.717, 1.165) is 28.4 Å². The summed E-state index contributed by atoms with van der Waals surface area (Å²) in [5.74, 6) is -0.649. The molecular formula is C10H12N6O3S2. The van der Waals surface area contributed by atoms with Gasteiger partial charge in [-0.05, 0) is 6.42 Å². The fraction of sp³-hybridized carbons (Fsp3) is 0.400. The lowest BCUT2D eigenvalue weighted by atomic mass is 10.5. The van der Waals surface area contributed by atoms with E-state index in [4.69, 9.17) is 5.11 Å². The predicted molar refractivity (Wildman–Crippen MR) is 76.5 cm³/mol. The van der Waals surface area contributed by atoms with Crippen molar-refractivity contribution < 1.29 is 14.7 Å². The summed E-state index contributed by atoms with van der Waals surface area (Å²) in [5.41, 5.74) is -0.211. The third kappa shape index (κ3) is 4.49. The number of anilines is 1. The number of rotatable bonds is 7. The second kappa shape index (κ2) is 7.13. The van der Waals surface area contributed by atoms with Crippen LogP contribution in [0.15, 0.2) is 11.4 Å². The van der Waals surface area contributed by atoms with Crippen LogP contribution in [0.4, 0.5) is 5.13 Å². The molecule has 0 aliphatic heterocycles. The molecule has 9 nitrogen and oxygen atoms in total. The van der Waals surface area contributed by atoms with E-state index in [0.29, 0.717) is 10.3 Å². The van der Waals surface area contributed by atoms with Crippen LogP contribution in [-0.2, 0) is 11.3 Å². The van der Waals surface area contributed by atoms with E-state index in [-0.39, 0.29) is 18.1 Å². The molecule has 0 fully saturated rings. The summed E-state index contributed by atoms with van der Waals surface area (Å²) in [5, 5.41) is 19.3. The van der Waals surface area contributed by atoms with Crippen molar-refractivity contribution in [3.63, 3.8) is 0 Å². The Morgan fingerprint density at radius 3 is 3.00 bits per heavy atom. The van der Waals surface area contributed by atoms with Gasteiger partial charge in [0.15, 0.2) is 5.69 Å². The first kappa shape index (κ1) is 15.4. The number of thioether (sulfide) groups is 1. The molecule has 0 aliphatic carbocycles. The van der Waals surface area contributed by atoms with Gasteiger partial charge in [0.25, 0.3) is 0 Å². The van der Waals surface area contributed by atoms with Gasteiger partial charge in [-0.15, -0.1) is 5.10 Å². The largest absolute Gasteiger partial charge is 0.476 e. The number of carboxylic acid groups (broad SMARTS) is 1. The van der Waals surface area contributed by atoms with Gasteiger partial charge in [0.2, 0.25) is 16.2 Å². The predicted octanol–water partition coefficient (Wildman–Crippen LogP) is 0.969. The molecule has 0 spiro atoms. The highest BCUT2D eigenvalue weighted by molar-refractivity contribution is 7.99. The smallest absolute Gasteiger partial charge is 0.358 e. The molecule has 0 unspecified atom stereocenters. The van der Waals surface area contributed by atoms with Crippen molar-refractivity contribution >= 4 is 40.3 Å². The van der Waals surface area contributed by atoms with E-state index >= 15 is 0 Å². The minimum Gasteiger partial charge on any atom is -0.476 e. The minimum absolute atomic E-state index is 0.142. The average Bonchev–Trinajstić information content (AvgIpc) is 3.06. The van der Waals surface area contributed by atoms with Crippen molar-refractivity contribution in [2.45, 2.75) is 25.0 Å². The second-order valence-corrected chi connectivity index (χ2v) is 5.70. The van der Waals surface area contributed by atoms with E-state index < -0.39 is 5.97 Å². The lowest BCUT2D eigenvalue weighted by Crippen LogP contribution is -2.19. The molecule has 2 aromatic rings. The Labute approximate surface area is 127 Å². The summed E-state index contributed by atoms with van der Waals surface area (Å²) in [4.78, 5) is 26.6. The molecule has 2 rings (SSSR count). The van der Waals surface area contributed by atoms with Crippen LogP contribution >= 0.6 is 23.3 Å². The highest BCUT2D eigenvalue weighted by Gasteiger charge is 2.12. The summed E-state index contributed by atoms with van der Waals surface area (Å²) in [6, 6.07) is 0. The Kier molecular flexibility index (Phi) is 5.22. The standard InChI is InChI=1S/C10H12N6O3S2/c1-2-3-20-10-12-9(21-14-10)11-7(17)5-16-4-6(8(18)19)13-15-16/h4H,2-3,5H2,1H3,(H,18,19)(H,11,12,14,17). The molecule has 21 heavy (non-hydrogen) atoms. The molecule has 0 saturated carbocycles. The molecule has 112 valence electrons. The number of hydrogen-bond donors (Lipinski definition) is 2. The SMILES string of the molecule is CCCSc1nsc(NC(=O)Cn2cc(C(=O)O)nn2)n1. The summed E-state index contributed by atoms with van der Waals surface area (Å²) >= 11 is 2.62. The van der Waals surface area contributed by atoms with Gasteiger partial charge in [-0.25, -0.2) is 9.48 Å². The number of nitrogens with zero attached hydrogens (tertiary/aromatic N) is 5. The zero-order chi connectivity index (χ0) is 15.2. The average molecular weight is 328 g/mol. The van der Waals surface area contributed by atoms with Crippen LogP contribution in [0.3, 0.4) is 0 Å². The number of aromatic nitrogens is 5. The van der Waals surface area contributed by atoms with Crippen LogP contribution < -0.4 is 5.32 Å². The number of aromatic carboxylic acids is 1. The number of nitrogens with one attached hydrogen (secondary N) is 1. The van der Waals surface area contributed by atoms with Gasteiger partial charge in [-0.1, -0.05) is 23.9 Å². The molecule has 0 bridgehead atoms. The zero-order valence-corrected chi connectivity index (χ0v) is 12.6. The summed E-state index contributed by atoms with van der Waals surface area (Å²) in [6.07, 6.45) is 2.20. The van der Waals surface area contributed by atoms with Crippen LogP contribution in [-0.4, -0.2) is 47.1 Å². The normalized spacial score (nSPS) is 10.5. The maximum absolute atomic E-state index is 11.8. The number of carboxylic acids is 1. The highest BCUT2D eigenvalue weighted by Crippen LogP contribution is 2.20. The molecule has 11 heteroatoms. The summed E-state index contributed by atoms with van der Waals surface area (Å²) in [6.45, 7) is 1.92. The van der Waals surface area contributed by atoms with Crippen molar-refractivity contribution in [2.24, 2.45) is 0 Å². The Balaban J connectivity index is 1.88. The molecule has 2 heterocycles. The number of amides is 1. The minimum atomic E-state index is -1.19. The van der Waals surface area contributed by atoms with Gasteiger partial charge >= 0.3 is 5.97 Å². The first-order chi connectivity index (χ1) is 10.1. The van der Waals surface area contributed by atoms with E-state index in [9.17, 15) is 9.59 Å². The van der Waals surface area contributed by atoms with Crippen molar-refractivity contribution in [1.82, 2.24) is 24.4 Å². The molecule has 1 amide bonds. The first-order valence-corrected chi connectivity index (χ1v) is 7.74. The van der Waals surface area contributed by atoms with Gasteiger partial charge in [0.05, 0.1) is 6.20 Å². The maximum Gasteiger partial charge on any atom is 0.358 e. The van der Waals surface area contributed by atoms with Crippen LogP contribution in [0.5, 0.6) is 0 Å². The van der Waals surface area contributed by atoms with Gasteiger partial charge < -0.3 is 5.11 Å². The lowest BCUT2D eigenvalue weighted by molar-refractivity contribution is -0.116. The zero-order valence-electron chi connectivity index (χ0n) is 11.0. The third-order valence-corrected chi connectivity index (χ3v) is 3.95. The Hall–Kier alpha value is -2.01. The molecule has 0 atom stereocenters. The number of carbonyl (C=O) groups is 2. The molecule has 2 aromatic heterocycles. The molecular weight excluding hydrogens is 316 g/mol. The van der Waals surface area contributed by atoms with E-state index in [2.05, 4.69) is 31.9 Å². The van der Waals surface area contributed by atoms with E-state index in [1.165, 1.54) is 18.0 Å². The monoisotopic (exact) mass is 328 g/mol. The van der Waals surface area contributed by atoms with Crippen molar-refractivity contribution in [3.8, 4) is 0 Å². The van der Waals surface area contributed by atoms with E-state index in [1.807, 2.05) is 0 Å². The second-order valence-electron chi connectivity index (χ2n) is 3.89. The Morgan fingerprint density at radius 2 is 2.33 bits per heavy atom. The highest BCUT2D eigenvalue weighted by atomic mass is 32.2.